The highest BCUT2D eigenvalue weighted by atomic mass is 35.5. The predicted octanol–water partition coefficient (Wildman–Crippen LogP) is 4.50. The van der Waals surface area contributed by atoms with E-state index < -0.39 is 0 Å². The molecule has 0 amide bonds. The number of halogens is 2. The van der Waals surface area contributed by atoms with E-state index in [1.807, 2.05) is 19.1 Å². The Kier molecular flexibility index (Phi) is 3.73. The van der Waals surface area contributed by atoms with Gasteiger partial charge in [-0.25, -0.2) is 4.98 Å². The Balaban J connectivity index is 2.43. The predicted molar refractivity (Wildman–Crippen MR) is 72.8 cm³/mol. The van der Waals surface area contributed by atoms with Gasteiger partial charge in [0.25, 0.3) is 0 Å². The lowest BCUT2D eigenvalue weighted by Gasteiger charge is -2.10. The fourth-order valence-electron chi connectivity index (χ4n) is 1.46. The molecule has 0 aliphatic heterocycles. The van der Waals surface area contributed by atoms with Crippen molar-refractivity contribution in [3.05, 3.63) is 45.3 Å². The van der Waals surface area contributed by atoms with Gasteiger partial charge in [0.2, 0.25) is 5.88 Å². The summed E-state index contributed by atoms with van der Waals surface area (Å²) < 4.78 is 5.71. The monoisotopic (exact) mass is 282 g/mol. The Bertz CT molecular complexity index is 600. The summed E-state index contributed by atoms with van der Waals surface area (Å²) in [6, 6.07) is 5.56. The standard InChI is InChI=1S/C13H12Cl2N2O/c1-7-4-5-10(14)11(6-7)18-13-8(2)12(15)16-9(3)17-13/h4-6H,1-3H3. The molecular weight excluding hydrogens is 271 g/mol. The maximum atomic E-state index is 6.08. The Morgan fingerprint density at radius 3 is 2.50 bits per heavy atom. The van der Waals surface area contributed by atoms with Gasteiger partial charge >= 0.3 is 0 Å². The first kappa shape index (κ1) is 13.1. The topological polar surface area (TPSA) is 35.0 Å². The number of rotatable bonds is 2. The van der Waals surface area contributed by atoms with Crippen LogP contribution in [0.1, 0.15) is 17.0 Å². The molecule has 1 aromatic heterocycles. The summed E-state index contributed by atoms with van der Waals surface area (Å²) in [4.78, 5) is 8.28. The lowest BCUT2D eigenvalue weighted by Crippen LogP contribution is -1.98. The van der Waals surface area contributed by atoms with Crippen molar-refractivity contribution in [2.75, 3.05) is 0 Å². The minimum atomic E-state index is 0.390. The Hall–Kier alpha value is -1.32. The average molecular weight is 283 g/mol. The number of benzene rings is 1. The maximum Gasteiger partial charge on any atom is 0.227 e. The Morgan fingerprint density at radius 2 is 1.78 bits per heavy atom. The summed E-state index contributed by atoms with van der Waals surface area (Å²) >= 11 is 12.1. The molecule has 0 saturated carbocycles. The van der Waals surface area contributed by atoms with Crippen molar-refractivity contribution in [1.29, 1.82) is 0 Å². The van der Waals surface area contributed by atoms with Crippen molar-refractivity contribution in [3.63, 3.8) is 0 Å². The van der Waals surface area contributed by atoms with Crippen LogP contribution >= 0.6 is 23.2 Å². The number of aromatic nitrogens is 2. The number of nitrogens with zero attached hydrogens (tertiary/aromatic N) is 2. The van der Waals surface area contributed by atoms with Gasteiger partial charge in [-0.2, -0.15) is 4.98 Å². The first-order valence-electron chi connectivity index (χ1n) is 5.42. The third kappa shape index (κ3) is 2.74. The van der Waals surface area contributed by atoms with Crippen molar-refractivity contribution in [2.24, 2.45) is 0 Å². The van der Waals surface area contributed by atoms with E-state index in [2.05, 4.69) is 9.97 Å². The second-order valence-electron chi connectivity index (χ2n) is 4.03. The van der Waals surface area contributed by atoms with Crippen LogP contribution in [0.4, 0.5) is 0 Å². The Labute approximate surface area is 116 Å². The third-order valence-electron chi connectivity index (χ3n) is 2.45. The highest BCUT2D eigenvalue weighted by Crippen LogP contribution is 2.32. The van der Waals surface area contributed by atoms with Crippen LogP contribution < -0.4 is 4.74 Å². The van der Waals surface area contributed by atoms with Crippen LogP contribution in [0.5, 0.6) is 11.6 Å². The zero-order valence-corrected chi connectivity index (χ0v) is 11.8. The molecule has 94 valence electrons. The van der Waals surface area contributed by atoms with Gasteiger partial charge in [-0.15, -0.1) is 0 Å². The average Bonchev–Trinajstić information content (AvgIpc) is 2.30. The fourth-order valence-corrected chi connectivity index (χ4v) is 1.82. The van der Waals surface area contributed by atoms with Crippen LogP contribution in [0.15, 0.2) is 18.2 Å². The molecule has 5 heteroatoms. The molecule has 18 heavy (non-hydrogen) atoms. The van der Waals surface area contributed by atoms with Crippen LogP contribution in [0, 0.1) is 20.8 Å². The summed E-state index contributed by atoms with van der Waals surface area (Å²) in [5, 5.41) is 0.925. The Morgan fingerprint density at radius 1 is 1.06 bits per heavy atom. The van der Waals surface area contributed by atoms with E-state index in [0.29, 0.717) is 33.2 Å². The number of hydrogen-bond donors (Lipinski definition) is 0. The largest absolute Gasteiger partial charge is 0.437 e. The van der Waals surface area contributed by atoms with Gasteiger partial charge < -0.3 is 4.74 Å². The van der Waals surface area contributed by atoms with Crippen LogP contribution in [-0.4, -0.2) is 9.97 Å². The normalized spacial score (nSPS) is 10.5. The highest BCUT2D eigenvalue weighted by Gasteiger charge is 2.11. The number of ether oxygens (including phenoxy) is 1. The summed E-state index contributed by atoms with van der Waals surface area (Å²) in [5.74, 6) is 1.55. The quantitative estimate of drug-likeness (QED) is 0.761. The lowest BCUT2D eigenvalue weighted by molar-refractivity contribution is 0.455. The molecule has 0 saturated heterocycles. The second kappa shape index (κ2) is 5.12. The van der Waals surface area contributed by atoms with E-state index in [4.69, 9.17) is 27.9 Å². The number of aryl methyl sites for hydroxylation is 2. The van der Waals surface area contributed by atoms with Gasteiger partial charge in [0.05, 0.1) is 5.02 Å². The van der Waals surface area contributed by atoms with Crippen LogP contribution in [0.2, 0.25) is 10.2 Å². The molecule has 0 fully saturated rings. The zero-order chi connectivity index (χ0) is 13.3. The van der Waals surface area contributed by atoms with Crippen molar-refractivity contribution in [1.82, 2.24) is 9.97 Å². The fraction of sp³-hybridized carbons (Fsp3) is 0.231. The molecule has 0 unspecified atom stereocenters. The minimum Gasteiger partial charge on any atom is -0.437 e. The summed E-state index contributed by atoms with van der Waals surface area (Å²) in [7, 11) is 0. The van der Waals surface area contributed by atoms with Gasteiger partial charge in [-0.1, -0.05) is 29.3 Å². The molecule has 1 aromatic carbocycles. The van der Waals surface area contributed by atoms with Crippen LogP contribution in [-0.2, 0) is 0 Å². The van der Waals surface area contributed by atoms with Crippen molar-refractivity contribution < 1.29 is 4.74 Å². The van der Waals surface area contributed by atoms with E-state index in [9.17, 15) is 0 Å². The summed E-state index contributed by atoms with van der Waals surface area (Å²) in [6.45, 7) is 5.53. The van der Waals surface area contributed by atoms with Crippen LogP contribution in [0.25, 0.3) is 0 Å². The van der Waals surface area contributed by atoms with E-state index in [-0.39, 0.29) is 0 Å². The highest BCUT2D eigenvalue weighted by molar-refractivity contribution is 6.32. The van der Waals surface area contributed by atoms with Gasteiger partial charge in [-0.05, 0) is 38.5 Å². The molecule has 2 aromatic rings. The van der Waals surface area contributed by atoms with Gasteiger partial charge in [0.15, 0.2) is 0 Å². The molecule has 0 atom stereocenters. The minimum absolute atomic E-state index is 0.390. The van der Waals surface area contributed by atoms with Crippen molar-refractivity contribution in [2.45, 2.75) is 20.8 Å². The van der Waals surface area contributed by atoms with E-state index in [1.54, 1.807) is 19.9 Å². The molecule has 0 aliphatic rings. The van der Waals surface area contributed by atoms with Gasteiger partial charge in [0.1, 0.15) is 16.7 Å². The van der Waals surface area contributed by atoms with Crippen LogP contribution in [0.3, 0.4) is 0 Å². The molecule has 1 heterocycles. The zero-order valence-electron chi connectivity index (χ0n) is 10.3. The molecule has 3 nitrogen and oxygen atoms in total. The smallest absolute Gasteiger partial charge is 0.227 e. The maximum absolute atomic E-state index is 6.08. The summed E-state index contributed by atoms with van der Waals surface area (Å²) in [5.41, 5.74) is 1.75. The van der Waals surface area contributed by atoms with Crippen molar-refractivity contribution >= 4 is 23.2 Å². The molecule has 0 spiro atoms. The van der Waals surface area contributed by atoms with Gasteiger partial charge in [-0.3, -0.25) is 0 Å². The molecule has 0 radical (unpaired) electrons. The third-order valence-corrected chi connectivity index (χ3v) is 3.13. The summed E-state index contributed by atoms with van der Waals surface area (Å²) in [6.07, 6.45) is 0. The van der Waals surface area contributed by atoms with E-state index in [0.717, 1.165) is 5.56 Å². The lowest BCUT2D eigenvalue weighted by atomic mass is 10.2. The molecular formula is C13H12Cl2N2O. The van der Waals surface area contributed by atoms with Gasteiger partial charge in [0, 0.05) is 5.56 Å². The second-order valence-corrected chi connectivity index (χ2v) is 4.79. The molecule has 0 aliphatic carbocycles. The molecule has 0 bridgehead atoms. The first-order valence-corrected chi connectivity index (χ1v) is 6.17. The first-order chi connectivity index (χ1) is 8.47. The molecule has 2 rings (SSSR count). The number of hydrogen-bond acceptors (Lipinski definition) is 3. The van der Waals surface area contributed by atoms with E-state index >= 15 is 0 Å². The molecule has 0 N–H and O–H groups in total. The van der Waals surface area contributed by atoms with E-state index in [1.165, 1.54) is 0 Å². The van der Waals surface area contributed by atoms with Crippen molar-refractivity contribution in [3.8, 4) is 11.6 Å². The SMILES string of the molecule is Cc1ccc(Cl)c(Oc2nc(C)nc(Cl)c2C)c1.